The number of aromatic nitrogens is 2. The third-order valence-corrected chi connectivity index (χ3v) is 2.84. The summed E-state index contributed by atoms with van der Waals surface area (Å²) in [7, 11) is 1.50. The van der Waals surface area contributed by atoms with Gasteiger partial charge in [-0.2, -0.15) is 4.98 Å². The molecule has 6 heteroatoms. The molecule has 1 rings (SSSR count). The van der Waals surface area contributed by atoms with Crippen molar-refractivity contribution in [2.75, 3.05) is 13.7 Å². The van der Waals surface area contributed by atoms with Crippen LogP contribution >= 0.6 is 0 Å². The summed E-state index contributed by atoms with van der Waals surface area (Å²) in [5, 5.41) is 3.91. The Labute approximate surface area is 113 Å². The van der Waals surface area contributed by atoms with E-state index in [9.17, 15) is 4.79 Å². The summed E-state index contributed by atoms with van der Waals surface area (Å²) in [6, 6.07) is 0. The molecule has 1 heterocycles. The summed E-state index contributed by atoms with van der Waals surface area (Å²) in [6.07, 6.45) is 4.40. The normalized spacial score (nSPS) is 11.7. The molecule has 0 atom stereocenters. The molecule has 0 aliphatic rings. The van der Waals surface area contributed by atoms with E-state index >= 15 is 0 Å². The Kier molecular flexibility index (Phi) is 6.66. The maximum Gasteiger partial charge on any atom is 0.227 e. The van der Waals surface area contributed by atoms with Crippen molar-refractivity contribution in [2.24, 2.45) is 5.41 Å². The van der Waals surface area contributed by atoms with Crippen LogP contribution in [-0.2, 0) is 27.4 Å². The molecule has 0 aliphatic heterocycles. The molecule has 0 unspecified atom stereocenters. The van der Waals surface area contributed by atoms with Crippen LogP contribution in [0.25, 0.3) is 0 Å². The van der Waals surface area contributed by atoms with Crippen molar-refractivity contribution in [1.29, 1.82) is 0 Å². The van der Waals surface area contributed by atoms with Gasteiger partial charge in [-0.1, -0.05) is 19.0 Å². The van der Waals surface area contributed by atoms with Gasteiger partial charge in [0, 0.05) is 19.3 Å². The van der Waals surface area contributed by atoms with E-state index in [1.807, 2.05) is 0 Å². The van der Waals surface area contributed by atoms with Crippen molar-refractivity contribution in [3.05, 3.63) is 11.7 Å². The zero-order chi connectivity index (χ0) is 14.1. The van der Waals surface area contributed by atoms with E-state index in [1.54, 1.807) is 0 Å². The third kappa shape index (κ3) is 6.45. The predicted octanol–water partition coefficient (Wildman–Crippen LogP) is 2.13. The van der Waals surface area contributed by atoms with Gasteiger partial charge in [-0.3, -0.25) is 0 Å². The number of carbonyl (C=O) groups excluding carboxylic acids is 1. The minimum atomic E-state index is 0.00509. The van der Waals surface area contributed by atoms with E-state index in [0.29, 0.717) is 37.6 Å². The molecule has 108 valence electrons. The summed E-state index contributed by atoms with van der Waals surface area (Å²) >= 11 is 0. The molecule has 0 saturated heterocycles. The van der Waals surface area contributed by atoms with Crippen molar-refractivity contribution in [3.8, 4) is 0 Å². The molecule has 1 aromatic heterocycles. The van der Waals surface area contributed by atoms with Gasteiger partial charge in [-0.05, 0) is 18.3 Å². The van der Waals surface area contributed by atoms with Crippen LogP contribution < -0.4 is 0 Å². The Hall–Kier alpha value is -1.27. The highest BCUT2D eigenvalue weighted by atomic mass is 17.2. The first-order chi connectivity index (χ1) is 9.07. The van der Waals surface area contributed by atoms with Gasteiger partial charge >= 0.3 is 0 Å². The lowest BCUT2D eigenvalue weighted by Crippen LogP contribution is -2.18. The fraction of sp³-hybridized carbons (Fsp3) is 0.769. The van der Waals surface area contributed by atoms with E-state index in [2.05, 4.69) is 28.9 Å². The Balaban J connectivity index is 2.40. The van der Waals surface area contributed by atoms with Gasteiger partial charge < -0.3 is 9.32 Å². The molecule has 0 fully saturated rings. The Morgan fingerprint density at radius 3 is 2.89 bits per heavy atom. The smallest absolute Gasteiger partial charge is 0.227 e. The Morgan fingerprint density at radius 1 is 1.42 bits per heavy atom. The van der Waals surface area contributed by atoms with Crippen molar-refractivity contribution >= 4 is 6.29 Å². The van der Waals surface area contributed by atoms with E-state index in [1.165, 1.54) is 7.11 Å². The molecule has 0 aromatic carbocycles. The summed E-state index contributed by atoms with van der Waals surface area (Å²) in [4.78, 5) is 24.0. The average Bonchev–Trinajstić information content (AvgIpc) is 2.76. The summed E-state index contributed by atoms with van der Waals surface area (Å²) < 4.78 is 5.22. The fourth-order valence-electron chi connectivity index (χ4n) is 1.71. The topological polar surface area (TPSA) is 74.5 Å². The van der Waals surface area contributed by atoms with Crippen molar-refractivity contribution in [2.45, 2.75) is 46.0 Å². The maximum atomic E-state index is 10.2. The van der Waals surface area contributed by atoms with Crippen LogP contribution in [0.3, 0.4) is 0 Å². The predicted molar refractivity (Wildman–Crippen MR) is 68.4 cm³/mol. The minimum Gasteiger partial charge on any atom is -0.339 e. The second kappa shape index (κ2) is 8.01. The van der Waals surface area contributed by atoms with E-state index in [0.717, 1.165) is 19.1 Å². The first kappa shape index (κ1) is 15.8. The Bertz CT molecular complexity index is 376. The molecule has 0 bridgehead atoms. The molecule has 0 N–H and O–H groups in total. The number of aryl methyl sites for hydroxylation is 1. The molecule has 0 saturated carbocycles. The summed E-state index contributed by atoms with van der Waals surface area (Å²) in [6.45, 7) is 4.76. The molecule has 0 aliphatic carbocycles. The zero-order valence-electron chi connectivity index (χ0n) is 11.8. The number of unbranched alkanes of at least 4 members (excludes halogenated alkanes) is 1. The standard InChI is InChI=1S/C13H22N2O4/c1-13(2,7-9-18-17-3)10-12-14-11(15-19-12)6-4-5-8-16/h8H,4-7,9-10H2,1-3H3. The van der Waals surface area contributed by atoms with Crippen molar-refractivity contribution in [3.63, 3.8) is 0 Å². The van der Waals surface area contributed by atoms with Crippen LogP contribution in [0.1, 0.15) is 44.8 Å². The molecule has 6 nitrogen and oxygen atoms in total. The van der Waals surface area contributed by atoms with Gasteiger partial charge in [-0.15, -0.1) is 0 Å². The average molecular weight is 270 g/mol. The van der Waals surface area contributed by atoms with Crippen LogP contribution in [0.2, 0.25) is 0 Å². The zero-order valence-corrected chi connectivity index (χ0v) is 11.8. The summed E-state index contributed by atoms with van der Waals surface area (Å²) in [5.74, 6) is 1.30. The SMILES string of the molecule is COOCCC(C)(C)Cc1nc(CCCC=O)no1. The molecular weight excluding hydrogens is 248 g/mol. The van der Waals surface area contributed by atoms with Gasteiger partial charge in [0.05, 0.1) is 13.7 Å². The highest BCUT2D eigenvalue weighted by molar-refractivity contribution is 5.49. The van der Waals surface area contributed by atoms with Crippen molar-refractivity contribution < 1.29 is 19.1 Å². The van der Waals surface area contributed by atoms with Gasteiger partial charge in [0.15, 0.2) is 5.82 Å². The first-order valence-electron chi connectivity index (χ1n) is 6.48. The lowest BCUT2D eigenvalue weighted by molar-refractivity contribution is -0.275. The fourth-order valence-corrected chi connectivity index (χ4v) is 1.71. The highest BCUT2D eigenvalue weighted by Crippen LogP contribution is 2.25. The van der Waals surface area contributed by atoms with E-state index in [-0.39, 0.29) is 5.41 Å². The van der Waals surface area contributed by atoms with Crippen LogP contribution in [0.5, 0.6) is 0 Å². The maximum absolute atomic E-state index is 10.2. The quantitative estimate of drug-likeness (QED) is 0.280. The molecule has 0 amide bonds. The molecule has 1 aromatic rings. The van der Waals surface area contributed by atoms with Gasteiger partial charge in [-0.25, -0.2) is 9.78 Å². The lowest BCUT2D eigenvalue weighted by Gasteiger charge is -2.21. The number of rotatable bonds is 10. The number of hydrogen-bond donors (Lipinski definition) is 0. The van der Waals surface area contributed by atoms with E-state index < -0.39 is 0 Å². The number of hydrogen-bond acceptors (Lipinski definition) is 6. The number of aldehydes is 1. The monoisotopic (exact) mass is 270 g/mol. The first-order valence-corrected chi connectivity index (χ1v) is 6.48. The summed E-state index contributed by atoms with van der Waals surface area (Å²) in [5.41, 5.74) is 0.00509. The van der Waals surface area contributed by atoms with Crippen LogP contribution in [-0.4, -0.2) is 30.1 Å². The molecule has 0 radical (unpaired) electrons. The van der Waals surface area contributed by atoms with E-state index in [4.69, 9.17) is 9.41 Å². The minimum absolute atomic E-state index is 0.00509. The highest BCUT2D eigenvalue weighted by Gasteiger charge is 2.22. The van der Waals surface area contributed by atoms with Crippen molar-refractivity contribution in [1.82, 2.24) is 10.1 Å². The second-order valence-corrected chi connectivity index (χ2v) is 5.24. The van der Waals surface area contributed by atoms with Crippen LogP contribution in [0.15, 0.2) is 4.52 Å². The van der Waals surface area contributed by atoms with Crippen LogP contribution in [0, 0.1) is 5.41 Å². The number of nitrogens with zero attached hydrogens (tertiary/aromatic N) is 2. The van der Waals surface area contributed by atoms with Gasteiger partial charge in [0.1, 0.15) is 6.29 Å². The largest absolute Gasteiger partial charge is 0.339 e. The lowest BCUT2D eigenvalue weighted by atomic mass is 9.86. The molecule has 19 heavy (non-hydrogen) atoms. The number of carbonyl (C=O) groups is 1. The second-order valence-electron chi connectivity index (χ2n) is 5.24. The van der Waals surface area contributed by atoms with Gasteiger partial charge in [0.2, 0.25) is 5.89 Å². The molecule has 0 spiro atoms. The van der Waals surface area contributed by atoms with Crippen LogP contribution in [0.4, 0.5) is 0 Å². The Morgan fingerprint density at radius 2 is 2.21 bits per heavy atom. The molecular formula is C13H22N2O4. The third-order valence-electron chi connectivity index (χ3n) is 2.84. The van der Waals surface area contributed by atoms with Gasteiger partial charge in [0.25, 0.3) is 0 Å².